The largest absolute Gasteiger partial charge is 0.390 e. The minimum absolute atomic E-state index is 0.0639. The third-order valence-electron chi connectivity index (χ3n) is 10.6. The van der Waals surface area contributed by atoms with E-state index in [4.69, 9.17) is 4.74 Å². The Hall–Kier alpha value is -0.650. The van der Waals surface area contributed by atoms with Crippen LogP contribution < -0.4 is 0 Å². The minimum atomic E-state index is -0.566. The highest BCUT2D eigenvalue weighted by Gasteiger charge is 2.60. The van der Waals surface area contributed by atoms with Crippen molar-refractivity contribution in [2.45, 2.75) is 115 Å². The number of aliphatic hydroxyl groups is 2. The molecular weight excluding hydrogens is 390 g/mol. The fourth-order valence-electron chi connectivity index (χ4n) is 8.84. The summed E-state index contributed by atoms with van der Waals surface area (Å²) in [4.78, 5) is 15.9. The van der Waals surface area contributed by atoms with Gasteiger partial charge in [-0.3, -0.25) is 4.79 Å². The summed E-state index contributed by atoms with van der Waals surface area (Å²) in [5, 5.41) is 21.1. The van der Waals surface area contributed by atoms with Gasteiger partial charge in [-0.15, -0.1) is 0 Å². The van der Waals surface area contributed by atoms with Crippen LogP contribution in [0.25, 0.3) is 0 Å². The van der Waals surface area contributed by atoms with Crippen LogP contribution in [0.15, 0.2) is 0 Å². The van der Waals surface area contributed by atoms with Crippen molar-refractivity contribution < 1.29 is 19.7 Å². The van der Waals surface area contributed by atoms with E-state index in [0.717, 1.165) is 77.4 Å². The van der Waals surface area contributed by atoms with Gasteiger partial charge in [0.1, 0.15) is 6.10 Å². The van der Waals surface area contributed by atoms with Crippen LogP contribution in [-0.4, -0.2) is 58.0 Å². The number of fused-ring (bicyclic) bond motifs is 5. The molecule has 3 aliphatic carbocycles. The molecule has 3 unspecified atom stereocenters. The van der Waals surface area contributed by atoms with Crippen LogP contribution in [0.1, 0.15) is 90.9 Å². The molecule has 2 N–H and O–H groups in total. The minimum Gasteiger partial charge on any atom is -0.390 e. The highest BCUT2D eigenvalue weighted by Crippen LogP contribution is 2.63. The van der Waals surface area contributed by atoms with Crippen molar-refractivity contribution >= 4 is 5.91 Å². The van der Waals surface area contributed by atoms with Gasteiger partial charge in [0, 0.05) is 18.7 Å². The molecule has 5 rings (SSSR count). The highest BCUT2D eigenvalue weighted by molar-refractivity contribution is 5.82. The molecule has 0 radical (unpaired) electrons. The summed E-state index contributed by atoms with van der Waals surface area (Å²) in [5.41, 5.74) is 0.0576. The Morgan fingerprint density at radius 2 is 1.68 bits per heavy atom. The van der Waals surface area contributed by atoms with E-state index in [2.05, 4.69) is 18.7 Å². The van der Waals surface area contributed by atoms with Gasteiger partial charge in [0.15, 0.2) is 0 Å². The molecule has 2 heterocycles. The van der Waals surface area contributed by atoms with E-state index in [1.165, 1.54) is 12.8 Å². The summed E-state index contributed by atoms with van der Waals surface area (Å²) in [6.07, 6.45) is 11.4. The second-order valence-electron chi connectivity index (χ2n) is 11.9. The molecule has 0 bridgehead atoms. The van der Waals surface area contributed by atoms with Crippen molar-refractivity contribution in [1.29, 1.82) is 0 Å². The van der Waals surface area contributed by atoms with Crippen molar-refractivity contribution in [2.24, 2.45) is 29.1 Å². The summed E-state index contributed by atoms with van der Waals surface area (Å²) < 4.78 is 5.93. The topological polar surface area (TPSA) is 70.0 Å². The van der Waals surface area contributed by atoms with E-state index in [1.54, 1.807) is 0 Å². The molecule has 0 aromatic rings. The van der Waals surface area contributed by atoms with Gasteiger partial charge in [-0.05, 0) is 107 Å². The van der Waals surface area contributed by atoms with Gasteiger partial charge in [-0.25, -0.2) is 0 Å². The third kappa shape index (κ3) is 3.49. The lowest BCUT2D eigenvalue weighted by Gasteiger charge is -2.63. The standard InChI is InChI=1S/C26H43NO4/c1-25-13-12-21(28)23(29)20(25)10-9-17-18(25)11-14-26(2)19(17)7-3-5-15-27(26)24(30)22-8-4-6-16-31-22/h17-23,28-29H,3-16H2,1-2H3/t17-,18?,19?,20?,21+,22-,23-,25-,26+/m1/s1. The number of carbonyl (C=O) groups is 1. The molecule has 0 aromatic heterocycles. The second kappa shape index (κ2) is 8.29. The Bertz CT molecular complexity index is 678. The van der Waals surface area contributed by atoms with E-state index >= 15 is 0 Å². The predicted octanol–water partition coefficient (Wildman–Crippen LogP) is 3.90. The molecule has 3 saturated carbocycles. The molecule has 31 heavy (non-hydrogen) atoms. The normalized spacial score (nSPS) is 50.6. The first kappa shape index (κ1) is 22.2. The van der Waals surface area contributed by atoms with Crippen LogP contribution in [0.2, 0.25) is 0 Å². The smallest absolute Gasteiger partial charge is 0.252 e. The van der Waals surface area contributed by atoms with Gasteiger partial charge in [-0.2, -0.15) is 0 Å². The maximum atomic E-state index is 13.6. The summed E-state index contributed by atoms with van der Waals surface area (Å²) in [6, 6.07) is 0. The van der Waals surface area contributed by atoms with Crippen LogP contribution in [-0.2, 0) is 9.53 Å². The zero-order chi connectivity index (χ0) is 21.8. The van der Waals surface area contributed by atoms with Gasteiger partial charge < -0.3 is 19.8 Å². The molecule has 5 fully saturated rings. The average molecular weight is 434 g/mol. The summed E-state index contributed by atoms with van der Waals surface area (Å²) >= 11 is 0. The van der Waals surface area contributed by atoms with E-state index < -0.39 is 12.2 Å². The van der Waals surface area contributed by atoms with Crippen molar-refractivity contribution in [3.8, 4) is 0 Å². The highest BCUT2D eigenvalue weighted by atomic mass is 16.5. The average Bonchev–Trinajstić information content (AvgIpc) is 2.95. The monoisotopic (exact) mass is 433 g/mol. The van der Waals surface area contributed by atoms with Crippen LogP contribution >= 0.6 is 0 Å². The number of amides is 1. The number of ether oxygens (including phenoxy) is 1. The van der Waals surface area contributed by atoms with Crippen LogP contribution in [0.5, 0.6) is 0 Å². The van der Waals surface area contributed by atoms with Crippen molar-refractivity contribution in [3.05, 3.63) is 0 Å². The lowest BCUT2D eigenvalue weighted by Crippen LogP contribution is -2.64. The maximum absolute atomic E-state index is 13.6. The van der Waals surface area contributed by atoms with Crippen molar-refractivity contribution in [2.75, 3.05) is 13.2 Å². The molecule has 5 heteroatoms. The fraction of sp³-hybridized carbons (Fsp3) is 0.962. The first-order valence-corrected chi connectivity index (χ1v) is 13.2. The predicted molar refractivity (Wildman–Crippen MR) is 119 cm³/mol. The first-order valence-electron chi connectivity index (χ1n) is 13.2. The summed E-state index contributed by atoms with van der Waals surface area (Å²) in [6.45, 7) is 6.40. The number of nitrogens with zero attached hydrogens (tertiary/aromatic N) is 1. The molecule has 9 atom stereocenters. The molecule has 2 aliphatic heterocycles. The van der Waals surface area contributed by atoms with Gasteiger partial charge >= 0.3 is 0 Å². The Kier molecular flexibility index (Phi) is 5.92. The van der Waals surface area contributed by atoms with E-state index in [0.29, 0.717) is 17.8 Å². The van der Waals surface area contributed by atoms with Crippen molar-refractivity contribution in [3.63, 3.8) is 0 Å². The molecule has 5 aliphatic rings. The van der Waals surface area contributed by atoms with Gasteiger partial charge in [-0.1, -0.05) is 13.3 Å². The molecular formula is C26H43NO4. The van der Waals surface area contributed by atoms with Crippen LogP contribution in [0.3, 0.4) is 0 Å². The van der Waals surface area contributed by atoms with Crippen molar-refractivity contribution in [1.82, 2.24) is 4.90 Å². The zero-order valence-electron chi connectivity index (χ0n) is 19.6. The fourth-order valence-corrected chi connectivity index (χ4v) is 8.84. The Labute approximate surface area is 187 Å². The van der Waals surface area contributed by atoms with Gasteiger partial charge in [0.25, 0.3) is 5.91 Å². The summed E-state index contributed by atoms with van der Waals surface area (Å²) in [5.74, 6) is 2.25. The maximum Gasteiger partial charge on any atom is 0.252 e. The van der Waals surface area contributed by atoms with Gasteiger partial charge in [0.05, 0.1) is 12.2 Å². The number of hydrogen-bond acceptors (Lipinski definition) is 4. The van der Waals surface area contributed by atoms with Crippen LogP contribution in [0.4, 0.5) is 0 Å². The third-order valence-corrected chi connectivity index (χ3v) is 10.6. The SMILES string of the molecule is C[C@]12CC[C@H](O)[C@H](O)C1CC[C@@H]1C2CC[C@@]2(C)C1CCCCN2C(=O)[C@H]1CCCCO1. The molecule has 176 valence electrons. The molecule has 1 amide bonds. The number of aliphatic hydroxyl groups excluding tert-OH is 2. The lowest BCUT2D eigenvalue weighted by atomic mass is 9.45. The van der Waals surface area contributed by atoms with E-state index in [1.807, 2.05) is 0 Å². The lowest BCUT2D eigenvalue weighted by molar-refractivity contribution is -0.184. The molecule has 2 saturated heterocycles. The first-order chi connectivity index (χ1) is 14.9. The molecule has 0 spiro atoms. The number of rotatable bonds is 1. The number of likely N-dealkylation sites (tertiary alicyclic amines) is 1. The Balaban J connectivity index is 1.42. The number of hydrogen-bond donors (Lipinski definition) is 2. The summed E-state index contributed by atoms with van der Waals surface area (Å²) in [7, 11) is 0. The second-order valence-corrected chi connectivity index (χ2v) is 11.9. The van der Waals surface area contributed by atoms with Crippen LogP contribution in [0, 0.1) is 29.1 Å². The quantitative estimate of drug-likeness (QED) is 0.658. The molecule has 0 aromatic carbocycles. The van der Waals surface area contributed by atoms with E-state index in [9.17, 15) is 15.0 Å². The number of carbonyl (C=O) groups excluding carboxylic acids is 1. The van der Waals surface area contributed by atoms with Gasteiger partial charge in [0.2, 0.25) is 0 Å². The zero-order valence-corrected chi connectivity index (χ0v) is 19.6. The van der Waals surface area contributed by atoms with E-state index in [-0.39, 0.29) is 28.9 Å². The Morgan fingerprint density at radius 1 is 0.871 bits per heavy atom. The molecule has 5 nitrogen and oxygen atoms in total. The Morgan fingerprint density at radius 3 is 2.45 bits per heavy atom.